The maximum Gasteiger partial charge on any atom is 0.408 e. The van der Waals surface area contributed by atoms with Crippen molar-refractivity contribution in [3.8, 4) is 0 Å². The molecule has 8 heteroatoms. The Bertz CT molecular complexity index is 503. The smallest absolute Gasteiger partial charge is 0.408 e. The largest absolute Gasteiger partial charge is 0.467 e. The van der Waals surface area contributed by atoms with Gasteiger partial charge in [0.1, 0.15) is 11.6 Å². The van der Waals surface area contributed by atoms with E-state index in [1.165, 1.54) is 19.3 Å². The summed E-state index contributed by atoms with van der Waals surface area (Å²) in [6.07, 6.45) is 2.21. The summed E-state index contributed by atoms with van der Waals surface area (Å²) in [5.74, 6) is -1.39. The fourth-order valence-electron chi connectivity index (χ4n) is 1.95. The highest BCUT2D eigenvalue weighted by Crippen LogP contribution is 2.10. The lowest BCUT2D eigenvalue weighted by Crippen LogP contribution is -2.44. The van der Waals surface area contributed by atoms with Gasteiger partial charge in [-0.1, -0.05) is 0 Å². The van der Waals surface area contributed by atoms with Gasteiger partial charge in [0.25, 0.3) is 11.8 Å². The van der Waals surface area contributed by atoms with Crippen molar-refractivity contribution in [1.29, 1.82) is 0 Å². The fourth-order valence-corrected chi connectivity index (χ4v) is 1.95. The van der Waals surface area contributed by atoms with Crippen molar-refractivity contribution in [2.45, 2.75) is 45.3 Å². The molecule has 1 heterocycles. The molecular weight excluding hydrogens is 304 g/mol. The summed E-state index contributed by atoms with van der Waals surface area (Å²) in [5, 5.41) is 2.43. The molecule has 1 aliphatic rings. The van der Waals surface area contributed by atoms with E-state index in [1.54, 1.807) is 20.8 Å². The number of nitrogens with one attached hydrogen (secondary N) is 1. The summed E-state index contributed by atoms with van der Waals surface area (Å²) < 4.78 is 9.73. The molecule has 1 N–H and O–H groups in total. The second-order valence-electron chi connectivity index (χ2n) is 6.03. The van der Waals surface area contributed by atoms with Crippen LogP contribution in [0.15, 0.2) is 12.2 Å². The van der Waals surface area contributed by atoms with Gasteiger partial charge in [-0.15, -0.1) is 0 Å². The molecule has 0 aromatic carbocycles. The topological polar surface area (TPSA) is 102 Å². The van der Waals surface area contributed by atoms with Gasteiger partial charge in [-0.25, -0.2) is 9.59 Å². The van der Waals surface area contributed by atoms with Gasteiger partial charge in [0, 0.05) is 18.7 Å². The van der Waals surface area contributed by atoms with Gasteiger partial charge < -0.3 is 14.8 Å². The molecule has 0 saturated heterocycles. The van der Waals surface area contributed by atoms with Crippen LogP contribution in [0.25, 0.3) is 0 Å². The molecule has 0 saturated carbocycles. The minimum absolute atomic E-state index is 0.161. The second-order valence-corrected chi connectivity index (χ2v) is 6.03. The number of carbonyl (C=O) groups is 4. The number of imide groups is 1. The van der Waals surface area contributed by atoms with Gasteiger partial charge in [0.15, 0.2) is 0 Å². The zero-order valence-corrected chi connectivity index (χ0v) is 13.8. The quantitative estimate of drug-likeness (QED) is 0.571. The van der Waals surface area contributed by atoms with Crippen molar-refractivity contribution in [2.24, 2.45) is 0 Å². The highest BCUT2D eigenvalue weighted by molar-refractivity contribution is 6.12. The number of alkyl carbamates (subject to hydrolysis) is 1. The van der Waals surface area contributed by atoms with E-state index >= 15 is 0 Å². The zero-order chi connectivity index (χ0) is 17.6. The highest BCUT2D eigenvalue weighted by Gasteiger charge is 2.27. The molecule has 3 amide bonds. The SMILES string of the molecule is COC(=O)[C@H](CCCN1C(=O)C=CC1=O)NC(=O)OC(C)(C)C. The Kier molecular flexibility index (Phi) is 6.29. The van der Waals surface area contributed by atoms with Gasteiger partial charge in [-0.05, 0) is 33.6 Å². The highest BCUT2D eigenvalue weighted by atomic mass is 16.6. The van der Waals surface area contributed by atoms with Crippen LogP contribution in [0.4, 0.5) is 4.79 Å². The van der Waals surface area contributed by atoms with E-state index in [0.29, 0.717) is 6.42 Å². The lowest BCUT2D eigenvalue weighted by Gasteiger charge is -2.23. The minimum Gasteiger partial charge on any atom is -0.467 e. The van der Waals surface area contributed by atoms with E-state index in [2.05, 4.69) is 10.1 Å². The van der Waals surface area contributed by atoms with Gasteiger partial charge in [0.05, 0.1) is 7.11 Å². The van der Waals surface area contributed by atoms with E-state index < -0.39 is 23.7 Å². The molecule has 0 aromatic heterocycles. The number of esters is 1. The minimum atomic E-state index is -0.907. The normalized spacial score (nSPS) is 15.6. The first-order valence-corrected chi connectivity index (χ1v) is 7.25. The van der Waals surface area contributed by atoms with Gasteiger partial charge >= 0.3 is 12.1 Å². The van der Waals surface area contributed by atoms with Crippen LogP contribution in [0.5, 0.6) is 0 Å². The predicted octanol–water partition coefficient (Wildman–Crippen LogP) is 0.758. The maximum absolute atomic E-state index is 11.7. The molecule has 0 aliphatic carbocycles. The lowest BCUT2D eigenvalue weighted by atomic mass is 10.1. The third-order valence-corrected chi connectivity index (χ3v) is 2.95. The monoisotopic (exact) mass is 326 g/mol. The third kappa shape index (κ3) is 6.09. The number of carbonyl (C=O) groups excluding carboxylic acids is 4. The van der Waals surface area contributed by atoms with Crippen LogP contribution >= 0.6 is 0 Å². The lowest BCUT2D eigenvalue weighted by molar-refractivity contribution is -0.143. The summed E-state index contributed by atoms with van der Waals surface area (Å²) in [7, 11) is 1.21. The standard InChI is InChI=1S/C15H22N2O6/c1-15(2,3)23-14(21)16-10(13(20)22-4)6-5-9-17-11(18)7-8-12(17)19/h7-8,10H,5-6,9H2,1-4H3,(H,16,21)/t10-/m0/s1. The van der Waals surface area contributed by atoms with Crippen molar-refractivity contribution in [3.63, 3.8) is 0 Å². The van der Waals surface area contributed by atoms with Crippen molar-refractivity contribution < 1.29 is 28.7 Å². The first-order chi connectivity index (χ1) is 10.6. The second kappa shape index (κ2) is 7.75. The molecule has 128 valence electrons. The molecule has 0 bridgehead atoms. The summed E-state index contributed by atoms with van der Waals surface area (Å²) in [6, 6.07) is -0.907. The van der Waals surface area contributed by atoms with Crippen LogP contribution < -0.4 is 5.32 Å². The van der Waals surface area contributed by atoms with Gasteiger partial charge in [-0.2, -0.15) is 0 Å². The number of rotatable bonds is 6. The number of methoxy groups -OCH3 is 1. The first kappa shape index (κ1) is 18.7. The molecule has 0 unspecified atom stereocenters. The van der Waals surface area contributed by atoms with Crippen LogP contribution in [0.3, 0.4) is 0 Å². The maximum atomic E-state index is 11.7. The molecule has 0 fully saturated rings. The van der Waals surface area contributed by atoms with E-state index in [1.807, 2.05) is 0 Å². The van der Waals surface area contributed by atoms with Crippen LogP contribution in [0, 0.1) is 0 Å². The van der Waals surface area contributed by atoms with Gasteiger partial charge in [0.2, 0.25) is 0 Å². The summed E-state index contributed by atoms with van der Waals surface area (Å²) in [5.41, 5.74) is -0.690. The summed E-state index contributed by atoms with van der Waals surface area (Å²) in [6.45, 7) is 5.28. The van der Waals surface area contributed by atoms with Crippen molar-refractivity contribution >= 4 is 23.9 Å². The van der Waals surface area contributed by atoms with Crippen LogP contribution in [-0.2, 0) is 23.9 Å². The molecular formula is C15H22N2O6. The Balaban J connectivity index is 2.52. The average molecular weight is 326 g/mol. The Morgan fingerprint density at radius 3 is 2.26 bits per heavy atom. The molecule has 8 nitrogen and oxygen atoms in total. The van der Waals surface area contributed by atoms with E-state index in [-0.39, 0.29) is 24.8 Å². The average Bonchev–Trinajstić information content (AvgIpc) is 2.75. The third-order valence-electron chi connectivity index (χ3n) is 2.95. The number of amides is 3. The summed E-state index contributed by atoms with van der Waals surface area (Å²) >= 11 is 0. The van der Waals surface area contributed by atoms with Crippen molar-refractivity contribution in [3.05, 3.63) is 12.2 Å². The molecule has 0 aromatic rings. The summed E-state index contributed by atoms with van der Waals surface area (Å²) in [4.78, 5) is 47.4. The predicted molar refractivity (Wildman–Crippen MR) is 80.3 cm³/mol. The molecule has 0 spiro atoms. The van der Waals surface area contributed by atoms with Gasteiger partial charge in [-0.3, -0.25) is 14.5 Å². The van der Waals surface area contributed by atoms with Crippen LogP contribution in [-0.4, -0.2) is 54.1 Å². The van der Waals surface area contributed by atoms with Crippen molar-refractivity contribution in [1.82, 2.24) is 10.2 Å². The Morgan fingerprint density at radius 2 is 1.78 bits per heavy atom. The number of hydrogen-bond donors (Lipinski definition) is 1. The Hall–Kier alpha value is -2.38. The molecule has 1 rings (SSSR count). The van der Waals surface area contributed by atoms with E-state index in [0.717, 1.165) is 4.90 Å². The Labute approximate surface area is 134 Å². The molecule has 1 aliphatic heterocycles. The van der Waals surface area contributed by atoms with E-state index in [9.17, 15) is 19.2 Å². The molecule has 0 radical (unpaired) electrons. The number of ether oxygens (including phenoxy) is 2. The van der Waals surface area contributed by atoms with Crippen LogP contribution in [0.1, 0.15) is 33.6 Å². The molecule has 1 atom stereocenters. The Morgan fingerprint density at radius 1 is 1.22 bits per heavy atom. The fraction of sp³-hybridized carbons (Fsp3) is 0.600. The molecule has 23 heavy (non-hydrogen) atoms. The van der Waals surface area contributed by atoms with Crippen molar-refractivity contribution in [2.75, 3.05) is 13.7 Å². The first-order valence-electron chi connectivity index (χ1n) is 7.25. The number of hydrogen-bond acceptors (Lipinski definition) is 6. The number of nitrogens with zero attached hydrogens (tertiary/aromatic N) is 1. The zero-order valence-electron chi connectivity index (χ0n) is 13.8. The van der Waals surface area contributed by atoms with E-state index in [4.69, 9.17) is 4.74 Å². The van der Waals surface area contributed by atoms with Crippen LogP contribution in [0.2, 0.25) is 0 Å².